The van der Waals surface area contributed by atoms with Crippen molar-refractivity contribution in [1.29, 1.82) is 0 Å². The first-order valence-electron chi connectivity index (χ1n) is 8.96. The molecule has 2 amide bonds. The van der Waals surface area contributed by atoms with E-state index in [9.17, 15) is 9.59 Å². The van der Waals surface area contributed by atoms with Crippen molar-refractivity contribution >= 4 is 34.8 Å². The second kappa shape index (κ2) is 8.37. The smallest absolute Gasteiger partial charge is 0.227 e. The van der Waals surface area contributed by atoms with Gasteiger partial charge in [-0.25, -0.2) is 0 Å². The minimum absolute atomic E-state index is 0.0253. The molecule has 2 N–H and O–H groups in total. The predicted octanol–water partition coefficient (Wildman–Crippen LogP) is 5.03. The molecule has 3 rings (SSSR count). The molecule has 0 radical (unpaired) electrons. The van der Waals surface area contributed by atoms with Crippen LogP contribution in [0.15, 0.2) is 48.5 Å². The second-order valence-corrected chi connectivity index (χ2v) is 7.29. The Kier molecular flexibility index (Phi) is 5.94. The zero-order chi connectivity index (χ0) is 18.5. The first kappa shape index (κ1) is 18.5. The lowest BCUT2D eigenvalue weighted by Gasteiger charge is -2.27. The molecule has 1 saturated carbocycles. The van der Waals surface area contributed by atoms with Crippen LogP contribution in [0.1, 0.15) is 31.2 Å². The SMILES string of the molecule is Cc1cc(Cl)ccc1NC(=O)C1CCC(C(=O)Nc2ccccc2)CC1. The summed E-state index contributed by atoms with van der Waals surface area (Å²) in [5.41, 5.74) is 2.56. The highest BCUT2D eigenvalue weighted by Gasteiger charge is 2.30. The van der Waals surface area contributed by atoms with Gasteiger partial charge in [0.15, 0.2) is 0 Å². The summed E-state index contributed by atoms with van der Waals surface area (Å²) >= 11 is 5.96. The van der Waals surface area contributed by atoms with Gasteiger partial charge in [0, 0.05) is 28.2 Å². The van der Waals surface area contributed by atoms with Crippen molar-refractivity contribution in [2.45, 2.75) is 32.6 Å². The quantitative estimate of drug-likeness (QED) is 0.792. The Labute approximate surface area is 158 Å². The third-order valence-electron chi connectivity index (χ3n) is 4.96. The van der Waals surface area contributed by atoms with Gasteiger partial charge in [-0.1, -0.05) is 29.8 Å². The van der Waals surface area contributed by atoms with Gasteiger partial charge < -0.3 is 10.6 Å². The summed E-state index contributed by atoms with van der Waals surface area (Å²) in [7, 11) is 0. The molecule has 1 aliphatic rings. The van der Waals surface area contributed by atoms with Crippen LogP contribution in [0.25, 0.3) is 0 Å². The van der Waals surface area contributed by atoms with Crippen molar-refractivity contribution in [2.75, 3.05) is 10.6 Å². The number of rotatable bonds is 4. The van der Waals surface area contributed by atoms with Crippen LogP contribution in [0.3, 0.4) is 0 Å². The number of nitrogens with one attached hydrogen (secondary N) is 2. The molecule has 26 heavy (non-hydrogen) atoms. The number of anilines is 2. The highest BCUT2D eigenvalue weighted by molar-refractivity contribution is 6.30. The van der Waals surface area contributed by atoms with Crippen LogP contribution >= 0.6 is 11.6 Å². The van der Waals surface area contributed by atoms with Crippen LogP contribution in [0.5, 0.6) is 0 Å². The van der Waals surface area contributed by atoms with Crippen LogP contribution in [0.4, 0.5) is 11.4 Å². The molecule has 0 saturated heterocycles. The van der Waals surface area contributed by atoms with Crippen molar-refractivity contribution in [3.8, 4) is 0 Å². The summed E-state index contributed by atoms with van der Waals surface area (Å²) in [6.45, 7) is 1.92. The van der Waals surface area contributed by atoms with Gasteiger partial charge >= 0.3 is 0 Å². The van der Waals surface area contributed by atoms with Gasteiger partial charge in [0.25, 0.3) is 0 Å². The lowest BCUT2D eigenvalue weighted by molar-refractivity contribution is -0.125. The van der Waals surface area contributed by atoms with E-state index in [1.165, 1.54) is 0 Å². The fourth-order valence-electron chi connectivity index (χ4n) is 3.39. The molecule has 2 aromatic rings. The maximum absolute atomic E-state index is 12.5. The predicted molar refractivity (Wildman–Crippen MR) is 105 cm³/mol. The molecular formula is C21H23ClN2O2. The van der Waals surface area contributed by atoms with Crippen LogP contribution in [-0.2, 0) is 9.59 Å². The number of carbonyl (C=O) groups is 2. The van der Waals surface area contributed by atoms with Gasteiger partial charge in [-0.05, 0) is 68.5 Å². The Bertz CT molecular complexity index is 784. The molecule has 0 bridgehead atoms. The van der Waals surface area contributed by atoms with E-state index in [2.05, 4.69) is 10.6 Å². The van der Waals surface area contributed by atoms with Crippen molar-refractivity contribution < 1.29 is 9.59 Å². The van der Waals surface area contributed by atoms with Crippen LogP contribution in [0.2, 0.25) is 5.02 Å². The summed E-state index contributed by atoms with van der Waals surface area (Å²) in [5, 5.41) is 6.61. The molecule has 2 aromatic carbocycles. The lowest BCUT2D eigenvalue weighted by Crippen LogP contribution is -2.32. The Morgan fingerprint density at radius 1 is 0.885 bits per heavy atom. The van der Waals surface area contributed by atoms with E-state index in [1.54, 1.807) is 6.07 Å². The van der Waals surface area contributed by atoms with Gasteiger partial charge in [-0.15, -0.1) is 0 Å². The monoisotopic (exact) mass is 370 g/mol. The largest absolute Gasteiger partial charge is 0.326 e. The van der Waals surface area contributed by atoms with E-state index in [-0.39, 0.29) is 23.7 Å². The highest BCUT2D eigenvalue weighted by Crippen LogP contribution is 2.31. The topological polar surface area (TPSA) is 58.2 Å². The third kappa shape index (κ3) is 4.64. The first-order chi connectivity index (χ1) is 12.5. The summed E-state index contributed by atoms with van der Waals surface area (Å²) < 4.78 is 0. The summed E-state index contributed by atoms with van der Waals surface area (Å²) in [5.74, 6) is -0.0108. The van der Waals surface area contributed by atoms with Gasteiger partial charge in [-0.3, -0.25) is 9.59 Å². The Balaban J connectivity index is 1.51. The number of carbonyl (C=O) groups excluding carboxylic acids is 2. The lowest BCUT2D eigenvalue weighted by atomic mass is 9.81. The molecule has 0 heterocycles. The van der Waals surface area contributed by atoms with E-state index in [1.807, 2.05) is 49.4 Å². The van der Waals surface area contributed by atoms with Crippen LogP contribution in [-0.4, -0.2) is 11.8 Å². The standard InChI is InChI=1S/C21H23ClN2O2/c1-14-13-17(22)11-12-19(14)24-21(26)16-9-7-15(8-10-16)20(25)23-18-5-3-2-4-6-18/h2-6,11-13,15-16H,7-10H2,1H3,(H,23,25)(H,24,26). The molecule has 0 atom stereocenters. The van der Waals surface area contributed by atoms with E-state index >= 15 is 0 Å². The molecule has 136 valence electrons. The minimum Gasteiger partial charge on any atom is -0.326 e. The van der Waals surface area contributed by atoms with E-state index in [4.69, 9.17) is 11.6 Å². The fourth-order valence-corrected chi connectivity index (χ4v) is 3.61. The van der Waals surface area contributed by atoms with Crippen LogP contribution < -0.4 is 10.6 Å². The van der Waals surface area contributed by atoms with Gasteiger partial charge in [0.05, 0.1) is 0 Å². The maximum atomic E-state index is 12.5. The molecule has 0 spiro atoms. The number of halogens is 1. The third-order valence-corrected chi connectivity index (χ3v) is 5.19. The molecule has 5 heteroatoms. The zero-order valence-electron chi connectivity index (χ0n) is 14.8. The van der Waals surface area contributed by atoms with Crippen molar-refractivity contribution in [3.05, 3.63) is 59.1 Å². The number of hydrogen-bond acceptors (Lipinski definition) is 2. The Hall–Kier alpha value is -2.33. The van der Waals surface area contributed by atoms with Gasteiger partial charge in [-0.2, -0.15) is 0 Å². The average molecular weight is 371 g/mol. The molecular weight excluding hydrogens is 348 g/mol. The first-order valence-corrected chi connectivity index (χ1v) is 9.33. The van der Waals surface area contributed by atoms with Crippen LogP contribution in [0, 0.1) is 18.8 Å². The molecule has 1 aliphatic carbocycles. The molecule has 0 aromatic heterocycles. The van der Waals surface area contributed by atoms with Crippen molar-refractivity contribution in [1.82, 2.24) is 0 Å². The molecule has 0 aliphatic heterocycles. The normalized spacial score (nSPS) is 19.6. The van der Waals surface area contributed by atoms with E-state index < -0.39 is 0 Å². The summed E-state index contributed by atoms with van der Waals surface area (Å²) in [6, 6.07) is 14.9. The van der Waals surface area contributed by atoms with E-state index in [0.29, 0.717) is 5.02 Å². The zero-order valence-corrected chi connectivity index (χ0v) is 15.6. The molecule has 0 unspecified atom stereocenters. The number of para-hydroxylation sites is 1. The second-order valence-electron chi connectivity index (χ2n) is 6.85. The van der Waals surface area contributed by atoms with Crippen molar-refractivity contribution in [2.24, 2.45) is 11.8 Å². The number of amides is 2. The maximum Gasteiger partial charge on any atom is 0.227 e. The minimum atomic E-state index is -0.0501. The Morgan fingerprint density at radius 2 is 1.46 bits per heavy atom. The number of aryl methyl sites for hydroxylation is 1. The highest BCUT2D eigenvalue weighted by atomic mass is 35.5. The van der Waals surface area contributed by atoms with E-state index in [0.717, 1.165) is 42.6 Å². The Morgan fingerprint density at radius 3 is 2.04 bits per heavy atom. The van der Waals surface area contributed by atoms with Gasteiger partial charge in [0.1, 0.15) is 0 Å². The molecule has 1 fully saturated rings. The van der Waals surface area contributed by atoms with Crippen molar-refractivity contribution in [3.63, 3.8) is 0 Å². The molecule has 4 nitrogen and oxygen atoms in total. The summed E-state index contributed by atoms with van der Waals surface area (Å²) in [4.78, 5) is 24.9. The summed E-state index contributed by atoms with van der Waals surface area (Å²) in [6.07, 6.45) is 2.92. The number of hydrogen-bond donors (Lipinski definition) is 2. The number of benzene rings is 2. The van der Waals surface area contributed by atoms with Gasteiger partial charge in [0.2, 0.25) is 11.8 Å². The average Bonchev–Trinajstić information content (AvgIpc) is 2.65. The fraction of sp³-hybridized carbons (Fsp3) is 0.333.